The molecule has 10 heteroatoms. The van der Waals surface area contributed by atoms with E-state index in [0.717, 1.165) is 19.6 Å². The molecule has 2 aliphatic heterocycles. The lowest BCUT2D eigenvalue weighted by molar-refractivity contribution is -0.384. The molecular weight excluding hydrogens is 454 g/mol. The van der Waals surface area contributed by atoms with Gasteiger partial charge in [0, 0.05) is 44.4 Å². The Morgan fingerprint density at radius 2 is 1.91 bits per heavy atom. The highest BCUT2D eigenvalue weighted by Crippen LogP contribution is 2.39. The van der Waals surface area contributed by atoms with Crippen molar-refractivity contribution in [2.45, 2.75) is 12.5 Å². The Kier molecular flexibility index (Phi) is 6.23. The third kappa shape index (κ3) is 4.26. The van der Waals surface area contributed by atoms with Gasteiger partial charge < -0.3 is 18.8 Å². The van der Waals surface area contributed by atoms with Gasteiger partial charge in [0.1, 0.15) is 11.3 Å². The molecule has 10 nitrogen and oxygen atoms in total. The van der Waals surface area contributed by atoms with Crippen LogP contribution in [0.5, 0.6) is 5.75 Å². The number of carbonyl (C=O) groups is 1. The normalized spacial score (nSPS) is 18.1. The second-order valence-electron chi connectivity index (χ2n) is 8.60. The molecule has 0 saturated carbocycles. The number of non-ortho nitro benzene ring substituents is 1. The number of hydrogen-bond donors (Lipinski definition) is 0. The third-order valence-corrected chi connectivity index (χ3v) is 6.55. The number of carbonyl (C=O) groups excluding carboxylic acids is 1. The summed E-state index contributed by atoms with van der Waals surface area (Å²) in [6, 6.07) is 10.1. The smallest absolute Gasteiger partial charge is 0.290 e. The fourth-order valence-corrected chi connectivity index (χ4v) is 4.80. The van der Waals surface area contributed by atoms with Crippen molar-refractivity contribution in [3.63, 3.8) is 0 Å². The predicted molar refractivity (Wildman–Crippen MR) is 127 cm³/mol. The van der Waals surface area contributed by atoms with Crippen molar-refractivity contribution in [3.05, 3.63) is 79.7 Å². The minimum atomic E-state index is -0.773. The Morgan fingerprint density at radius 1 is 1.11 bits per heavy atom. The van der Waals surface area contributed by atoms with Crippen LogP contribution < -0.4 is 10.2 Å². The number of amides is 1. The second kappa shape index (κ2) is 9.47. The van der Waals surface area contributed by atoms with Crippen LogP contribution in [0, 0.1) is 10.1 Å². The van der Waals surface area contributed by atoms with Gasteiger partial charge in [0.25, 0.3) is 11.6 Å². The van der Waals surface area contributed by atoms with E-state index in [9.17, 15) is 19.7 Å². The molecule has 182 valence electrons. The molecule has 1 aromatic heterocycles. The molecule has 2 aromatic carbocycles. The van der Waals surface area contributed by atoms with Crippen molar-refractivity contribution in [1.82, 2.24) is 9.80 Å². The molecular formula is C25H25N3O7. The van der Waals surface area contributed by atoms with Crippen molar-refractivity contribution in [3.8, 4) is 5.75 Å². The molecule has 0 unspecified atom stereocenters. The lowest BCUT2D eigenvalue weighted by atomic mass is 9.98. The number of morpholine rings is 1. The van der Waals surface area contributed by atoms with Crippen LogP contribution in [0.15, 0.2) is 51.7 Å². The molecule has 0 bridgehead atoms. The second-order valence-corrected chi connectivity index (χ2v) is 8.60. The number of nitro benzene ring substituents is 1. The fourth-order valence-electron chi connectivity index (χ4n) is 4.80. The van der Waals surface area contributed by atoms with Crippen molar-refractivity contribution < 1.29 is 23.6 Å². The molecule has 0 aliphatic carbocycles. The van der Waals surface area contributed by atoms with Gasteiger partial charge in [-0.1, -0.05) is 12.1 Å². The SMILES string of the molecule is COc1ccc2c(=O)c3c(oc2c1)C(=O)N(CCCN1CCOCC1)[C@H]3c1cccc([N+](=O)[O-])c1. The number of fused-ring (bicyclic) bond motifs is 2. The summed E-state index contributed by atoms with van der Waals surface area (Å²) in [6.07, 6.45) is 0.673. The molecule has 0 N–H and O–H groups in total. The quantitative estimate of drug-likeness (QED) is 0.375. The summed E-state index contributed by atoms with van der Waals surface area (Å²) >= 11 is 0. The molecule has 1 fully saturated rings. The van der Waals surface area contributed by atoms with Gasteiger partial charge in [0.2, 0.25) is 5.76 Å². The Bertz CT molecular complexity index is 1350. The lowest BCUT2D eigenvalue weighted by Crippen LogP contribution is -2.38. The zero-order valence-corrected chi connectivity index (χ0v) is 19.3. The first-order chi connectivity index (χ1) is 17.0. The standard InChI is InChI=1S/C25H25N3O7/c1-33-18-6-7-19-20(15-18)35-24-21(23(19)29)22(16-4-2-5-17(14-16)28(31)32)27(25(24)30)9-3-8-26-10-12-34-13-11-26/h2,4-7,14-15,22H,3,8-13H2,1H3/t22-/m0/s1. The predicted octanol–water partition coefficient (Wildman–Crippen LogP) is 2.98. The first kappa shape index (κ1) is 23.0. The Balaban J connectivity index is 1.56. The Hall–Kier alpha value is -3.76. The summed E-state index contributed by atoms with van der Waals surface area (Å²) < 4.78 is 16.6. The topological polar surface area (TPSA) is 115 Å². The third-order valence-electron chi connectivity index (χ3n) is 6.55. The van der Waals surface area contributed by atoms with E-state index < -0.39 is 16.9 Å². The molecule has 1 atom stereocenters. The highest BCUT2D eigenvalue weighted by atomic mass is 16.6. The number of rotatable bonds is 7. The Labute approximate surface area is 200 Å². The van der Waals surface area contributed by atoms with Crippen molar-refractivity contribution in [1.29, 1.82) is 0 Å². The van der Waals surface area contributed by atoms with Gasteiger partial charge in [0.05, 0.1) is 42.2 Å². The highest BCUT2D eigenvalue weighted by Gasteiger charge is 2.42. The van der Waals surface area contributed by atoms with E-state index in [-0.39, 0.29) is 28.0 Å². The van der Waals surface area contributed by atoms with Gasteiger partial charge in [0.15, 0.2) is 5.43 Å². The van der Waals surface area contributed by atoms with E-state index in [1.54, 1.807) is 35.2 Å². The van der Waals surface area contributed by atoms with Gasteiger partial charge in [-0.05, 0) is 24.1 Å². The number of benzene rings is 2. The summed E-state index contributed by atoms with van der Waals surface area (Å²) in [5.41, 5.74) is 0.530. The number of hydrogen-bond acceptors (Lipinski definition) is 8. The molecule has 0 radical (unpaired) electrons. The number of methoxy groups -OCH3 is 1. The van der Waals surface area contributed by atoms with Crippen molar-refractivity contribution in [2.75, 3.05) is 46.5 Å². The minimum absolute atomic E-state index is 0.0290. The van der Waals surface area contributed by atoms with Crippen LogP contribution in [0.2, 0.25) is 0 Å². The molecule has 1 saturated heterocycles. The van der Waals surface area contributed by atoms with E-state index in [0.29, 0.717) is 42.9 Å². The summed E-state index contributed by atoms with van der Waals surface area (Å²) in [6.45, 7) is 4.15. The van der Waals surface area contributed by atoms with E-state index in [1.165, 1.54) is 19.2 Å². The maximum absolute atomic E-state index is 13.6. The van der Waals surface area contributed by atoms with E-state index in [1.807, 2.05) is 0 Å². The fraction of sp³-hybridized carbons (Fsp3) is 0.360. The van der Waals surface area contributed by atoms with Gasteiger partial charge >= 0.3 is 0 Å². The van der Waals surface area contributed by atoms with Gasteiger partial charge in [-0.2, -0.15) is 0 Å². The van der Waals surface area contributed by atoms with E-state index in [2.05, 4.69) is 4.90 Å². The molecule has 1 amide bonds. The van der Waals surface area contributed by atoms with Crippen LogP contribution in [0.25, 0.3) is 11.0 Å². The summed E-state index contributed by atoms with van der Waals surface area (Å²) in [7, 11) is 1.51. The van der Waals surface area contributed by atoms with Crippen molar-refractivity contribution >= 4 is 22.6 Å². The molecule has 3 heterocycles. The van der Waals surface area contributed by atoms with Crippen LogP contribution >= 0.6 is 0 Å². The first-order valence-electron chi connectivity index (χ1n) is 11.5. The van der Waals surface area contributed by atoms with E-state index >= 15 is 0 Å². The maximum Gasteiger partial charge on any atom is 0.290 e. The van der Waals surface area contributed by atoms with Crippen LogP contribution in [-0.4, -0.2) is 67.1 Å². The maximum atomic E-state index is 13.6. The van der Waals surface area contributed by atoms with Crippen LogP contribution in [0.3, 0.4) is 0 Å². The molecule has 2 aliphatic rings. The van der Waals surface area contributed by atoms with Crippen LogP contribution in [0.4, 0.5) is 5.69 Å². The summed E-state index contributed by atoms with van der Waals surface area (Å²) in [5.74, 6) is 0.0718. The Morgan fingerprint density at radius 3 is 2.66 bits per heavy atom. The lowest BCUT2D eigenvalue weighted by Gasteiger charge is -2.29. The van der Waals surface area contributed by atoms with Gasteiger partial charge in [-0.25, -0.2) is 0 Å². The average molecular weight is 479 g/mol. The number of nitrogens with zero attached hydrogens (tertiary/aromatic N) is 3. The minimum Gasteiger partial charge on any atom is -0.497 e. The zero-order chi connectivity index (χ0) is 24.5. The number of ether oxygens (including phenoxy) is 2. The molecule has 35 heavy (non-hydrogen) atoms. The molecule has 0 spiro atoms. The van der Waals surface area contributed by atoms with E-state index in [4.69, 9.17) is 13.9 Å². The van der Waals surface area contributed by atoms with Gasteiger partial charge in [-0.15, -0.1) is 0 Å². The van der Waals surface area contributed by atoms with Crippen molar-refractivity contribution in [2.24, 2.45) is 0 Å². The van der Waals surface area contributed by atoms with Crippen LogP contribution in [0.1, 0.15) is 34.1 Å². The van der Waals surface area contributed by atoms with Gasteiger partial charge in [-0.3, -0.25) is 24.6 Å². The highest BCUT2D eigenvalue weighted by molar-refractivity contribution is 5.99. The summed E-state index contributed by atoms with van der Waals surface area (Å²) in [4.78, 5) is 41.9. The monoisotopic (exact) mass is 479 g/mol. The van der Waals surface area contributed by atoms with Crippen LogP contribution in [-0.2, 0) is 4.74 Å². The average Bonchev–Trinajstić information content (AvgIpc) is 3.16. The number of nitro groups is 1. The largest absolute Gasteiger partial charge is 0.497 e. The zero-order valence-electron chi connectivity index (χ0n) is 19.3. The first-order valence-corrected chi connectivity index (χ1v) is 11.5. The molecule has 5 rings (SSSR count). The summed E-state index contributed by atoms with van der Waals surface area (Å²) in [5, 5.41) is 11.7. The molecule has 3 aromatic rings.